The fourth-order valence-corrected chi connectivity index (χ4v) is 4.32. The van der Waals surface area contributed by atoms with Gasteiger partial charge in [0.25, 0.3) is 0 Å². The van der Waals surface area contributed by atoms with Gasteiger partial charge in [0.2, 0.25) is 0 Å². The first-order chi connectivity index (χ1) is 9.98. The number of imidazole rings is 1. The highest BCUT2D eigenvalue weighted by atomic mass is 32.2. The van der Waals surface area contributed by atoms with Gasteiger partial charge in [0.15, 0.2) is 9.84 Å². The van der Waals surface area contributed by atoms with Gasteiger partial charge in [0.05, 0.1) is 22.5 Å². The molecule has 1 atom stereocenters. The van der Waals surface area contributed by atoms with Crippen LogP contribution in [0.5, 0.6) is 0 Å². The molecule has 1 unspecified atom stereocenters. The SMILES string of the molecule is CCn1c(CC2CS(=O)(=O)CCN2)nc2cc(F)ccc21. The molecule has 1 aromatic heterocycles. The predicted molar refractivity (Wildman–Crippen MR) is 79.5 cm³/mol. The van der Waals surface area contributed by atoms with E-state index in [0.717, 1.165) is 17.9 Å². The molecule has 0 spiro atoms. The molecule has 1 aliphatic heterocycles. The number of fused-ring (bicyclic) bond motifs is 1. The van der Waals surface area contributed by atoms with Gasteiger partial charge in [0, 0.05) is 31.6 Å². The van der Waals surface area contributed by atoms with E-state index in [2.05, 4.69) is 10.3 Å². The topological polar surface area (TPSA) is 64.0 Å². The van der Waals surface area contributed by atoms with E-state index in [1.54, 1.807) is 6.07 Å². The standard InChI is InChI=1S/C14H18FN3O2S/c1-2-18-13-4-3-10(15)7-12(13)17-14(18)8-11-9-21(19,20)6-5-16-11/h3-4,7,11,16H,2,5-6,8-9H2,1H3. The summed E-state index contributed by atoms with van der Waals surface area (Å²) in [6.07, 6.45) is 0.531. The molecule has 0 bridgehead atoms. The summed E-state index contributed by atoms with van der Waals surface area (Å²) >= 11 is 0. The fraction of sp³-hybridized carbons (Fsp3) is 0.500. The number of nitrogens with zero attached hydrogens (tertiary/aromatic N) is 2. The first-order valence-electron chi connectivity index (χ1n) is 7.07. The number of rotatable bonds is 3. The van der Waals surface area contributed by atoms with Gasteiger partial charge in [-0.25, -0.2) is 17.8 Å². The van der Waals surface area contributed by atoms with E-state index in [-0.39, 0.29) is 23.4 Å². The van der Waals surface area contributed by atoms with Crippen LogP contribution in [-0.2, 0) is 22.8 Å². The highest BCUT2D eigenvalue weighted by Gasteiger charge is 2.26. The van der Waals surface area contributed by atoms with Crippen molar-refractivity contribution in [1.29, 1.82) is 0 Å². The highest BCUT2D eigenvalue weighted by molar-refractivity contribution is 7.91. The van der Waals surface area contributed by atoms with Crippen LogP contribution in [0.3, 0.4) is 0 Å². The number of hydrogen-bond donors (Lipinski definition) is 1. The number of hydrogen-bond acceptors (Lipinski definition) is 4. The van der Waals surface area contributed by atoms with E-state index in [1.807, 2.05) is 11.5 Å². The molecule has 1 fully saturated rings. The minimum Gasteiger partial charge on any atom is -0.328 e. The summed E-state index contributed by atoms with van der Waals surface area (Å²) in [4.78, 5) is 4.47. The van der Waals surface area contributed by atoms with Gasteiger partial charge in [-0.15, -0.1) is 0 Å². The van der Waals surface area contributed by atoms with Gasteiger partial charge in [-0.2, -0.15) is 0 Å². The Morgan fingerprint density at radius 3 is 3.00 bits per heavy atom. The maximum atomic E-state index is 13.3. The zero-order valence-electron chi connectivity index (χ0n) is 11.8. The summed E-state index contributed by atoms with van der Waals surface area (Å²) in [6, 6.07) is 4.42. The number of benzene rings is 1. The van der Waals surface area contributed by atoms with E-state index in [0.29, 0.717) is 18.5 Å². The van der Waals surface area contributed by atoms with Crippen molar-refractivity contribution in [2.45, 2.75) is 25.9 Å². The molecule has 5 nitrogen and oxygen atoms in total. The minimum absolute atomic E-state index is 0.129. The number of aromatic nitrogens is 2. The normalized spacial score (nSPS) is 21.7. The molecular weight excluding hydrogens is 293 g/mol. The summed E-state index contributed by atoms with van der Waals surface area (Å²) in [5, 5.41) is 3.22. The zero-order valence-corrected chi connectivity index (χ0v) is 12.7. The Bertz CT molecular complexity index is 770. The van der Waals surface area contributed by atoms with Crippen molar-refractivity contribution in [3.05, 3.63) is 29.8 Å². The van der Waals surface area contributed by atoms with Crippen LogP contribution in [-0.4, -0.2) is 42.1 Å². The van der Waals surface area contributed by atoms with Crippen molar-refractivity contribution in [2.75, 3.05) is 18.1 Å². The summed E-state index contributed by atoms with van der Waals surface area (Å²) in [5.41, 5.74) is 1.50. The minimum atomic E-state index is -2.97. The van der Waals surface area contributed by atoms with Gasteiger partial charge in [-0.1, -0.05) is 0 Å². The molecule has 2 heterocycles. The fourth-order valence-electron chi connectivity index (χ4n) is 2.88. The summed E-state index contributed by atoms with van der Waals surface area (Å²) in [5.74, 6) is 0.813. The third-order valence-corrected chi connectivity index (χ3v) is 5.57. The lowest BCUT2D eigenvalue weighted by Gasteiger charge is -2.23. The molecule has 0 saturated carbocycles. The van der Waals surface area contributed by atoms with Crippen LogP contribution in [0.25, 0.3) is 11.0 Å². The average molecular weight is 311 g/mol. The van der Waals surface area contributed by atoms with Crippen LogP contribution in [0.4, 0.5) is 4.39 Å². The third kappa shape index (κ3) is 2.94. The third-order valence-electron chi connectivity index (χ3n) is 3.84. The number of sulfone groups is 1. The van der Waals surface area contributed by atoms with Crippen LogP contribution >= 0.6 is 0 Å². The van der Waals surface area contributed by atoms with Crippen LogP contribution in [0.15, 0.2) is 18.2 Å². The van der Waals surface area contributed by atoms with Crippen LogP contribution < -0.4 is 5.32 Å². The van der Waals surface area contributed by atoms with Gasteiger partial charge < -0.3 is 9.88 Å². The molecular formula is C14H18FN3O2S. The molecule has 7 heteroatoms. The van der Waals surface area contributed by atoms with Crippen molar-refractivity contribution in [1.82, 2.24) is 14.9 Å². The quantitative estimate of drug-likeness (QED) is 0.923. The molecule has 0 amide bonds. The lowest BCUT2D eigenvalue weighted by atomic mass is 10.2. The summed E-state index contributed by atoms with van der Waals surface area (Å²) in [6.45, 7) is 3.20. The molecule has 3 rings (SSSR count). The lowest BCUT2D eigenvalue weighted by Crippen LogP contribution is -2.46. The van der Waals surface area contributed by atoms with E-state index < -0.39 is 9.84 Å². The Morgan fingerprint density at radius 1 is 1.48 bits per heavy atom. The molecule has 1 aliphatic rings. The number of nitrogens with one attached hydrogen (secondary N) is 1. The average Bonchev–Trinajstić information content (AvgIpc) is 2.73. The Hall–Kier alpha value is -1.47. The van der Waals surface area contributed by atoms with E-state index >= 15 is 0 Å². The zero-order chi connectivity index (χ0) is 15.0. The molecule has 1 saturated heterocycles. The maximum absolute atomic E-state index is 13.3. The molecule has 21 heavy (non-hydrogen) atoms. The summed E-state index contributed by atoms with van der Waals surface area (Å²) < 4.78 is 38.7. The van der Waals surface area contributed by atoms with Crippen molar-refractivity contribution < 1.29 is 12.8 Å². The Morgan fingerprint density at radius 2 is 2.29 bits per heavy atom. The number of halogens is 1. The van der Waals surface area contributed by atoms with Crippen molar-refractivity contribution in [3.63, 3.8) is 0 Å². The Labute approximate surface area is 123 Å². The van der Waals surface area contributed by atoms with Gasteiger partial charge >= 0.3 is 0 Å². The molecule has 114 valence electrons. The van der Waals surface area contributed by atoms with Crippen LogP contribution in [0.1, 0.15) is 12.7 Å². The molecule has 0 radical (unpaired) electrons. The highest BCUT2D eigenvalue weighted by Crippen LogP contribution is 2.19. The van der Waals surface area contributed by atoms with Crippen LogP contribution in [0, 0.1) is 5.82 Å². The van der Waals surface area contributed by atoms with Gasteiger partial charge in [0.1, 0.15) is 11.6 Å². The lowest BCUT2D eigenvalue weighted by molar-refractivity contribution is 0.502. The van der Waals surface area contributed by atoms with Crippen LogP contribution in [0.2, 0.25) is 0 Å². The monoisotopic (exact) mass is 311 g/mol. The first kappa shape index (κ1) is 14.5. The molecule has 1 N–H and O–H groups in total. The Balaban J connectivity index is 1.93. The predicted octanol–water partition coefficient (Wildman–Crippen LogP) is 1.12. The van der Waals surface area contributed by atoms with E-state index in [1.165, 1.54) is 12.1 Å². The van der Waals surface area contributed by atoms with Gasteiger partial charge in [-0.05, 0) is 19.1 Å². The summed E-state index contributed by atoms with van der Waals surface area (Å²) in [7, 11) is -2.97. The second-order valence-corrected chi connectivity index (χ2v) is 7.60. The largest absolute Gasteiger partial charge is 0.328 e. The van der Waals surface area contributed by atoms with Crippen molar-refractivity contribution in [3.8, 4) is 0 Å². The van der Waals surface area contributed by atoms with E-state index in [9.17, 15) is 12.8 Å². The van der Waals surface area contributed by atoms with Crippen molar-refractivity contribution in [2.24, 2.45) is 0 Å². The van der Waals surface area contributed by atoms with Gasteiger partial charge in [-0.3, -0.25) is 0 Å². The smallest absolute Gasteiger partial charge is 0.153 e. The molecule has 0 aliphatic carbocycles. The number of aryl methyl sites for hydroxylation is 1. The first-order valence-corrected chi connectivity index (χ1v) is 8.89. The Kier molecular flexibility index (Phi) is 3.71. The van der Waals surface area contributed by atoms with E-state index in [4.69, 9.17) is 0 Å². The van der Waals surface area contributed by atoms with Crippen molar-refractivity contribution >= 4 is 20.9 Å². The maximum Gasteiger partial charge on any atom is 0.153 e. The second-order valence-electron chi connectivity index (χ2n) is 5.37. The molecule has 2 aromatic rings. The molecule has 1 aromatic carbocycles. The second kappa shape index (κ2) is 5.38.